The van der Waals surface area contributed by atoms with Crippen LogP contribution in [0.3, 0.4) is 0 Å². The van der Waals surface area contributed by atoms with Crippen LogP contribution in [0, 0.1) is 23.7 Å². The first-order valence-electron chi connectivity index (χ1n) is 13.3. The molecular weight excluding hydrogens is 444 g/mol. The van der Waals surface area contributed by atoms with E-state index in [1.807, 2.05) is 30.3 Å². The average molecular weight is 493 g/mol. The monoisotopic (exact) mass is 492 g/mol. The molecule has 0 aliphatic rings. The topological polar surface area (TPSA) is 18.5 Å². The lowest BCUT2D eigenvalue weighted by Crippen LogP contribution is -2.24. The van der Waals surface area contributed by atoms with E-state index in [0.717, 1.165) is 18.4 Å². The summed E-state index contributed by atoms with van der Waals surface area (Å²) in [6.07, 6.45) is 11.5. The quantitative estimate of drug-likeness (QED) is 0.159. The second kappa shape index (κ2) is 17.4. The molecule has 4 unspecified atom stereocenters. The zero-order valence-corrected chi connectivity index (χ0v) is 23.6. The Hall–Kier alpha value is -1.00. The van der Waals surface area contributed by atoms with Crippen molar-refractivity contribution in [3.05, 3.63) is 35.9 Å². The predicted octanol–water partition coefficient (Wildman–Crippen LogP) is 9.86. The molecule has 0 spiro atoms. The molecule has 0 bridgehead atoms. The van der Waals surface area contributed by atoms with Crippen LogP contribution in [0.5, 0.6) is 0 Å². The van der Waals surface area contributed by atoms with Gasteiger partial charge < -0.3 is 9.47 Å². The molecule has 1 aromatic rings. The summed E-state index contributed by atoms with van der Waals surface area (Å²) < 4.78 is 12.6. The van der Waals surface area contributed by atoms with Crippen LogP contribution in [0.2, 0.25) is 0 Å². The fraction of sp³-hybridized carbons (Fsp3) is 0.724. The Morgan fingerprint density at radius 3 is 1.52 bits per heavy atom. The van der Waals surface area contributed by atoms with Crippen molar-refractivity contribution in [2.75, 3.05) is 0 Å². The number of rotatable bonds is 17. The number of thiocarbonyl (C=S) groups is 2. The number of ether oxygens (including phenoxy) is 2. The first-order chi connectivity index (χ1) is 15.9. The van der Waals surface area contributed by atoms with Gasteiger partial charge in [-0.15, -0.1) is 0 Å². The van der Waals surface area contributed by atoms with Gasteiger partial charge in [-0.05, 0) is 49.1 Å². The van der Waals surface area contributed by atoms with Crippen molar-refractivity contribution in [2.45, 2.75) is 112 Å². The van der Waals surface area contributed by atoms with Gasteiger partial charge >= 0.3 is 0 Å². The smallest absolute Gasteiger partial charge is 0.268 e. The third-order valence-electron chi connectivity index (χ3n) is 6.78. The van der Waals surface area contributed by atoms with Crippen LogP contribution in [0.25, 0.3) is 0 Å². The molecule has 0 aliphatic heterocycles. The van der Waals surface area contributed by atoms with E-state index in [0.29, 0.717) is 21.9 Å². The van der Waals surface area contributed by atoms with Crippen LogP contribution in [0.1, 0.15) is 118 Å². The van der Waals surface area contributed by atoms with E-state index >= 15 is 0 Å². The van der Waals surface area contributed by atoms with Gasteiger partial charge in [0, 0.05) is 17.4 Å². The Balaban J connectivity index is 2.81. The highest BCUT2D eigenvalue weighted by molar-refractivity contribution is 7.80. The van der Waals surface area contributed by atoms with Gasteiger partial charge in [-0.25, -0.2) is 0 Å². The molecule has 0 heterocycles. The van der Waals surface area contributed by atoms with Crippen LogP contribution in [-0.2, 0) is 9.47 Å². The summed E-state index contributed by atoms with van der Waals surface area (Å²) in [5.41, 5.74) is 0.956. The van der Waals surface area contributed by atoms with E-state index in [1.165, 1.54) is 51.4 Å². The standard InChI is InChI=1S/C29H48O2S2/c1-7-11-16-24(9-3)20-22(5)28(32)30-27(26-18-14-13-15-19-26)31-29(33)23(6)21-25(10-4)17-12-8-2/h13-15,18-19,22-25,27H,7-12,16-17,20-21H2,1-6H3. The van der Waals surface area contributed by atoms with E-state index in [1.54, 1.807) is 0 Å². The molecule has 0 N–H and O–H groups in total. The summed E-state index contributed by atoms with van der Waals surface area (Å²) in [6.45, 7) is 13.4. The number of hydrogen-bond acceptors (Lipinski definition) is 4. The van der Waals surface area contributed by atoms with Crippen LogP contribution >= 0.6 is 24.4 Å². The van der Waals surface area contributed by atoms with Gasteiger partial charge in [-0.3, -0.25) is 0 Å². The highest BCUT2D eigenvalue weighted by atomic mass is 32.1. The minimum absolute atomic E-state index is 0.209. The largest absolute Gasteiger partial charge is 0.444 e. The Labute approximate surface area is 215 Å². The van der Waals surface area contributed by atoms with Crippen LogP contribution in [-0.4, -0.2) is 10.1 Å². The Morgan fingerprint density at radius 2 is 1.15 bits per heavy atom. The molecule has 0 radical (unpaired) electrons. The molecule has 188 valence electrons. The third-order valence-corrected chi connectivity index (χ3v) is 7.78. The van der Waals surface area contributed by atoms with E-state index in [-0.39, 0.29) is 11.8 Å². The first kappa shape index (κ1) is 30.0. The van der Waals surface area contributed by atoms with Crippen molar-refractivity contribution < 1.29 is 9.47 Å². The van der Waals surface area contributed by atoms with E-state index < -0.39 is 6.29 Å². The first-order valence-corrected chi connectivity index (χ1v) is 14.1. The van der Waals surface area contributed by atoms with Gasteiger partial charge in [-0.1, -0.05) is 123 Å². The predicted molar refractivity (Wildman–Crippen MR) is 151 cm³/mol. The minimum Gasteiger partial charge on any atom is -0.444 e. The number of hydrogen-bond donors (Lipinski definition) is 0. The van der Waals surface area contributed by atoms with Crippen LogP contribution in [0.4, 0.5) is 0 Å². The molecule has 4 heteroatoms. The maximum Gasteiger partial charge on any atom is 0.268 e. The summed E-state index contributed by atoms with van der Waals surface area (Å²) in [7, 11) is 0. The SMILES string of the molecule is CCCCC(CC)CC(C)C(=S)OC(OC(=S)C(C)CC(CC)CCCC)c1ccccc1. The number of benzene rings is 1. The zero-order valence-electron chi connectivity index (χ0n) is 22.0. The molecule has 0 fully saturated rings. The molecule has 0 saturated carbocycles. The van der Waals surface area contributed by atoms with E-state index in [2.05, 4.69) is 41.5 Å². The second-order valence-corrected chi connectivity index (χ2v) is 10.5. The summed E-state index contributed by atoms with van der Waals surface area (Å²) >= 11 is 11.5. The maximum atomic E-state index is 6.29. The van der Waals surface area contributed by atoms with E-state index in [4.69, 9.17) is 33.9 Å². The second-order valence-electron chi connectivity index (χ2n) is 9.72. The van der Waals surface area contributed by atoms with Crippen molar-refractivity contribution in [1.29, 1.82) is 0 Å². The zero-order chi connectivity index (χ0) is 24.6. The van der Waals surface area contributed by atoms with Crippen molar-refractivity contribution >= 4 is 34.5 Å². The lowest BCUT2D eigenvalue weighted by atomic mass is 9.90. The van der Waals surface area contributed by atoms with Crippen molar-refractivity contribution in [1.82, 2.24) is 0 Å². The van der Waals surface area contributed by atoms with Gasteiger partial charge in [-0.2, -0.15) is 0 Å². The number of unbranched alkanes of at least 4 members (excludes halogenated alkanes) is 2. The summed E-state index contributed by atoms with van der Waals surface area (Å²) in [4.78, 5) is 0. The maximum absolute atomic E-state index is 6.29. The van der Waals surface area contributed by atoms with Crippen LogP contribution in [0.15, 0.2) is 30.3 Å². The van der Waals surface area contributed by atoms with Crippen molar-refractivity contribution in [3.63, 3.8) is 0 Å². The molecule has 0 saturated heterocycles. The van der Waals surface area contributed by atoms with Crippen LogP contribution < -0.4 is 0 Å². The lowest BCUT2D eigenvalue weighted by molar-refractivity contribution is -0.0220. The molecule has 0 amide bonds. The molecule has 33 heavy (non-hydrogen) atoms. The van der Waals surface area contributed by atoms with Gasteiger partial charge in [0.15, 0.2) is 10.1 Å². The fourth-order valence-electron chi connectivity index (χ4n) is 4.37. The molecular formula is C29H48O2S2. The lowest BCUT2D eigenvalue weighted by Gasteiger charge is -2.27. The van der Waals surface area contributed by atoms with Crippen molar-refractivity contribution in [3.8, 4) is 0 Å². The van der Waals surface area contributed by atoms with Gasteiger partial charge in [0.05, 0.1) is 0 Å². The molecule has 1 rings (SSSR count). The van der Waals surface area contributed by atoms with Gasteiger partial charge in [0.2, 0.25) is 0 Å². The minimum atomic E-state index is -0.581. The molecule has 2 nitrogen and oxygen atoms in total. The molecule has 0 aromatic heterocycles. The highest BCUT2D eigenvalue weighted by Crippen LogP contribution is 2.29. The highest BCUT2D eigenvalue weighted by Gasteiger charge is 2.25. The molecule has 1 aromatic carbocycles. The Kier molecular flexibility index (Phi) is 15.9. The van der Waals surface area contributed by atoms with Crippen molar-refractivity contribution in [2.24, 2.45) is 23.7 Å². The normalized spacial score (nSPS) is 15.8. The molecule has 4 atom stereocenters. The summed E-state index contributed by atoms with van der Waals surface area (Å²) in [5, 5.41) is 1.26. The van der Waals surface area contributed by atoms with E-state index in [9.17, 15) is 0 Å². The third kappa shape index (κ3) is 11.8. The van der Waals surface area contributed by atoms with Gasteiger partial charge in [0.1, 0.15) is 0 Å². The molecule has 0 aliphatic carbocycles. The average Bonchev–Trinajstić information content (AvgIpc) is 2.83. The summed E-state index contributed by atoms with van der Waals surface area (Å²) in [6, 6.07) is 10.1. The summed E-state index contributed by atoms with van der Waals surface area (Å²) in [5.74, 6) is 1.79. The Bertz CT molecular complexity index is 623. The Morgan fingerprint density at radius 1 is 0.727 bits per heavy atom. The fourth-order valence-corrected chi connectivity index (χ4v) is 4.74. The van der Waals surface area contributed by atoms with Gasteiger partial charge in [0.25, 0.3) is 6.29 Å².